The van der Waals surface area contributed by atoms with Gasteiger partial charge in [0, 0.05) is 0 Å². The van der Waals surface area contributed by atoms with Gasteiger partial charge in [-0.05, 0) is 12.2 Å². The van der Waals surface area contributed by atoms with Crippen molar-refractivity contribution >= 4 is 11.4 Å². The molecule has 0 radical (unpaired) electrons. The number of hydrogen-bond acceptors (Lipinski definition) is 5. The molecule has 0 fully saturated rings. The number of fused-ring (bicyclic) bond motifs is 1. The second kappa shape index (κ2) is 2.96. The lowest BCUT2D eigenvalue weighted by atomic mass is 9.98. The van der Waals surface area contributed by atoms with E-state index in [4.69, 9.17) is 15.9 Å². The molecule has 0 spiro atoms. The summed E-state index contributed by atoms with van der Waals surface area (Å²) in [4.78, 5) is 0. The zero-order valence-electron chi connectivity index (χ0n) is 7.65. The maximum absolute atomic E-state index is 9.62. The lowest BCUT2D eigenvalue weighted by Crippen LogP contribution is -2.08. The summed E-state index contributed by atoms with van der Waals surface area (Å²) in [7, 11) is 0. The lowest BCUT2D eigenvalue weighted by molar-refractivity contribution is 0.183. The second-order valence-corrected chi connectivity index (χ2v) is 3.13. The van der Waals surface area contributed by atoms with Gasteiger partial charge in [0.25, 0.3) is 0 Å². The minimum Gasteiger partial charge on any atom is -0.494 e. The third kappa shape index (κ3) is 1.08. The maximum atomic E-state index is 9.62. The van der Waals surface area contributed by atoms with Crippen molar-refractivity contribution in [2.75, 3.05) is 0 Å². The van der Waals surface area contributed by atoms with E-state index >= 15 is 0 Å². The molecule has 0 saturated carbocycles. The molecule has 1 aromatic rings. The lowest BCUT2D eigenvalue weighted by Gasteiger charge is -2.06. The van der Waals surface area contributed by atoms with Gasteiger partial charge >= 0.3 is 0 Å². The average Bonchev–Trinajstić information content (AvgIpc) is 2.46. The minimum absolute atomic E-state index is 0.000926. The molecule has 6 heteroatoms. The van der Waals surface area contributed by atoms with Gasteiger partial charge in [-0.15, -0.1) is 0 Å². The number of aromatic hydroxyl groups is 2. The second-order valence-electron chi connectivity index (χ2n) is 3.13. The molecule has 5 N–H and O–H groups in total. The monoisotopic (exact) mass is 207 g/mol. The molecule has 0 amide bonds. The van der Waals surface area contributed by atoms with Crippen LogP contribution in [0.25, 0.3) is 0 Å². The zero-order valence-corrected chi connectivity index (χ0v) is 7.65. The fraction of sp³-hybridized carbons (Fsp3) is 0.111. The third-order valence-electron chi connectivity index (χ3n) is 2.31. The highest BCUT2D eigenvalue weighted by molar-refractivity contribution is 6.25. The fourth-order valence-electron chi connectivity index (χ4n) is 1.57. The number of nitrogens with zero attached hydrogens (tertiary/aromatic N) is 1. The zero-order chi connectivity index (χ0) is 11.2. The van der Waals surface area contributed by atoms with Crippen LogP contribution in [0.1, 0.15) is 11.1 Å². The van der Waals surface area contributed by atoms with E-state index in [1.807, 2.05) is 0 Å². The molecule has 0 saturated heterocycles. The van der Waals surface area contributed by atoms with E-state index in [1.54, 1.807) is 0 Å². The molecule has 0 aromatic carbocycles. The molecule has 1 aliphatic carbocycles. The molecular formula is C9H9N3O3. The molecule has 0 aliphatic heterocycles. The van der Waals surface area contributed by atoms with Crippen LogP contribution >= 0.6 is 0 Å². The summed E-state index contributed by atoms with van der Waals surface area (Å²) in [5.74, 6) is -0.798. The Labute approximate surface area is 84.7 Å². The van der Waals surface area contributed by atoms with Crippen molar-refractivity contribution in [2.45, 2.75) is 6.73 Å². The fourth-order valence-corrected chi connectivity index (χ4v) is 1.57. The van der Waals surface area contributed by atoms with Crippen LogP contribution in [0.3, 0.4) is 0 Å². The summed E-state index contributed by atoms with van der Waals surface area (Å²) < 4.78 is 0.834. The third-order valence-corrected chi connectivity index (χ3v) is 2.31. The standard InChI is InChI=1S/C9H9N3O3/c10-4-1-2-5(11)7-6(4)8(14)12(3-13)9(7)15/h1-2,10-11,13-15H,3H2. The van der Waals surface area contributed by atoms with E-state index in [0.29, 0.717) is 0 Å². The van der Waals surface area contributed by atoms with Crippen LogP contribution in [0.5, 0.6) is 11.8 Å². The summed E-state index contributed by atoms with van der Waals surface area (Å²) in [6, 6.07) is 0. The van der Waals surface area contributed by atoms with Gasteiger partial charge in [-0.25, -0.2) is 0 Å². The Morgan fingerprint density at radius 2 is 1.40 bits per heavy atom. The van der Waals surface area contributed by atoms with Crippen LogP contribution < -0.4 is 0 Å². The first-order valence-corrected chi connectivity index (χ1v) is 4.19. The van der Waals surface area contributed by atoms with Crippen LogP contribution in [0.15, 0.2) is 12.2 Å². The summed E-state index contributed by atoms with van der Waals surface area (Å²) >= 11 is 0. The predicted molar refractivity (Wildman–Crippen MR) is 52.8 cm³/mol. The van der Waals surface area contributed by atoms with E-state index in [9.17, 15) is 10.2 Å². The SMILES string of the molecule is N=C1C=CC(=N)c2c1c(O)n(CO)c2O. The first-order valence-electron chi connectivity index (χ1n) is 4.19. The van der Waals surface area contributed by atoms with E-state index in [2.05, 4.69) is 0 Å². The molecule has 2 rings (SSSR count). The summed E-state index contributed by atoms with van der Waals surface area (Å²) in [5.41, 5.74) is 0.158. The Hall–Kier alpha value is -2.08. The quantitative estimate of drug-likeness (QED) is 0.451. The van der Waals surface area contributed by atoms with Crippen LogP contribution in [-0.4, -0.2) is 31.3 Å². The van der Waals surface area contributed by atoms with Gasteiger partial charge in [-0.3, -0.25) is 4.57 Å². The Bertz CT molecular complexity index is 458. The van der Waals surface area contributed by atoms with Gasteiger partial charge in [0.15, 0.2) is 0 Å². The van der Waals surface area contributed by atoms with E-state index in [-0.39, 0.29) is 22.6 Å². The number of nitrogens with one attached hydrogen (secondary N) is 2. The Morgan fingerprint density at radius 1 is 1.00 bits per heavy atom. The van der Waals surface area contributed by atoms with E-state index < -0.39 is 18.5 Å². The van der Waals surface area contributed by atoms with Gasteiger partial charge in [0.05, 0.1) is 22.6 Å². The van der Waals surface area contributed by atoms with Crippen molar-refractivity contribution in [1.82, 2.24) is 4.57 Å². The maximum Gasteiger partial charge on any atom is 0.206 e. The Morgan fingerprint density at radius 3 is 1.73 bits per heavy atom. The number of aliphatic hydroxyl groups excluding tert-OH is 1. The summed E-state index contributed by atoms with van der Waals surface area (Å²) in [5, 5.41) is 43.2. The van der Waals surface area contributed by atoms with Crippen molar-refractivity contribution in [3.8, 4) is 11.8 Å². The van der Waals surface area contributed by atoms with Crippen molar-refractivity contribution in [3.63, 3.8) is 0 Å². The van der Waals surface area contributed by atoms with Gasteiger partial charge < -0.3 is 26.1 Å². The van der Waals surface area contributed by atoms with Gasteiger partial charge in [0.2, 0.25) is 11.8 Å². The number of aromatic nitrogens is 1. The Kier molecular flexibility index (Phi) is 1.87. The first kappa shape index (κ1) is 9.47. The van der Waals surface area contributed by atoms with Crippen molar-refractivity contribution < 1.29 is 15.3 Å². The number of hydrogen-bond donors (Lipinski definition) is 5. The topological polar surface area (TPSA) is 113 Å². The smallest absolute Gasteiger partial charge is 0.206 e. The molecule has 15 heavy (non-hydrogen) atoms. The molecule has 6 nitrogen and oxygen atoms in total. The minimum atomic E-state index is -0.606. The number of rotatable bonds is 1. The van der Waals surface area contributed by atoms with Gasteiger partial charge in [-0.2, -0.15) is 0 Å². The normalized spacial score (nSPS) is 14.5. The summed E-state index contributed by atoms with van der Waals surface area (Å²) in [6.07, 6.45) is 2.71. The number of aliphatic hydroxyl groups is 1. The predicted octanol–water partition coefficient (Wildman–Crippen LogP) is 0.155. The Balaban J connectivity index is 2.80. The van der Waals surface area contributed by atoms with Crippen LogP contribution in [0.2, 0.25) is 0 Å². The van der Waals surface area contributed by atoms with Crippen molar-refractivity contribution in [1.29, 1.82) is 10.8 Å². The highest BCUT2D eigenvalue weighted by atomic mass is 16.3. The molecule has 78 valence electrons. The first-order chi connectivity index (χ1) is 7.07. The van der Waals surface area contributed by atoms with Crippen molar-refractivity contribution in [2.24, 2.45) is 0 Å². The molecule has 1 aromatic heterocycles. The molecule has 0 atom stereocenters. The largest absolute Gasteiger partial charge is 0.494 e. The van der Waals surface area contributed by atoms with E-state index in [1.165, 1.54) is 12.2 Å². The van der Waals surface area contributed by atoms with Crippen molar-refractivity contribution in [3.05, 3.63) is 23.3 Å². The summed E-state index contributed by atoms with van der Waals surface area (Å²) in [6.45, 7) is -0.606. The molecule has 1 heterocycles. The highest BCUT2D eigenvalue weighted by Crippen LogP contribution is 2.36. The van der Waals surface area contributed by atoms with Crippen LogP contribution in [0.4, 0.5) is 0 Å². The molecule has 0 unspecified atom stereocenters. The van der Waals surface area contributed by atoms with E-state index in [0.717, 1.165) is 4.57 Å². The molecule has 0 bridgehead atoms. The van der Waals surface area contributed by atoms with Gasteiger partial charge in [0.1, 0.15) is 6.73 Å². The van der Waals surface area contributed by atoms with Crippen LogP contribution in [-0.2, 0) is 6.73 Å². The van der Waals surface area contributed by atoms with Crippen LogP contribution in [0, 0.1) is 10.8 Å². The van der Waals surface area contributed by atoms with Gasteiger partial charge in [-0.1, -0.05) is 0 Å². The average molecular weight is 207 g/mol. The number of allylic oxidation sites excluding steroid dienone is 2. The highest BCUT2D eigenvalue weighted by Gasteiger charge is 2.28. The molecule has 1 aliphatic rings. The molecular weight excluding hydrogens is 198 g/mol.